The quantitative estimate of drug-likeness (QED) is 0.491. The van der Waals surface area contributed by atoms with Gasteiger partial charge in [0, 0.05) is 17.8 Å². The van der Waals surface area contributed by atoms with Gasteiger partial charge < -0.3 is 4.52 Å². The average molecular weight is 431 g/mol. The molecule has 0 bridgehead atoms. The number of halogens is 3. The highest BCUT2D eigenvalue weighted by molar-refractivity contribution is 9.10. The van der Waals surface area contributed by atoms with Crippen LogP contribution in [0.25, 0.3) is 28.7 Å². The molecule has 2 aromatic carbocycles. The van der Waals surface area contributed by atoms with E-state index in [1.165, 1.54) is 53.3 Å². The molecule has 6 nitrogen and oxygen atoms in total. The monoisotopic (exact) mass is 430 g/mol. The second-order valence-corrected chi connectivity index (χ2v) is 6.36. The van der Waals surface area contributed by atoms with Crippen LogP contribution in [0.2, 0.25) is 0 Å². The summed E-state index contributed by atoms with van der Waals surface area (Å²) in [5.74, 6) is -0.782. The summed E-state index contributed by atoms with van der Waals surface area (Å²) in [5, 5.41) is 7.98. The van der Waals surface area contributed by atoms with Crippen LogP contribution in [0.4, 0.5) is 8.78 Å². The lowest BCUT2D eigenvalue weighted by Gasteiger charge is -2.05. The minimum atomic E-state index is -0.434. The molecule has 0 aliphatic carbocycles. The van der Waals surface area contributed by atoms with Gasteiger partial charge in [0.25, 0.3) is 5.89 Å². The van der Waals surface area contributed by atoms with E-state index in [-0.39, 0.29) is 21.9 Å². The Hall–Kier alpha value is -3.20. The number of nitrogens with zero attached hydrogens (tertiary/aromatic N) is 4. The molecule has 4 aromatic rings. The van der Waals surface area contributed by atoms with Crippen molar-refractivity contribution in [1.82, 2.24) is 19.9 Å². The van der Waals surface area contributed by atoms with Crippen molar-refractivity contribution in [2.24, 2.45) is 0 Å². The molecule has 2 heterocycles. The van der Waals surface area contributed by atoms with E-state index in [0.717, 1.165) is 0 Å². The summed E-state index contributed by atoms with van der Waals surface area (Å²) in [7, 11) is 0. The van der Waals surface area contributed by atoms with E-state index >= 15 is 0 Å². The number of aromatic nitrogens is 4. The van der Waals surface area contributed by atoms with E-state index < -0.39 is 17.1 Å². The predicted octanol–water partition coefficient (Wildman–Crippen LogP) is 3.99. The van der Waals surface area contributed by atoms with Gasteiger partial charge in [-0.15, -0.1) is 0 Å². The highest BCUT2D eigenvalue weighted by atomic mass is 79.9. The van der Waals surface area contributed by atoms with Gasteiger partial charge in [-0.3, -0.25) is 4.79 Å². The van der Waals surface area contributed by atoms with Crippen molar-refractivity contribution < 1.29 is 13.3 Å². The second-order valence-electron chi connectivity index (χ2n) is 5.51. The number of rotatable bonds is 3. The highest BCUT2D eigenvalue weighted by Crippen LogP contribution is 2.24. The summed E-state index contributed by atoms with van der Waals surface area (Å²) in [6.07, 6.45) is 1.41. The number of hydrogen-bond donors (Lipinski definition) is 0. The van der Waals surface area contributed by atoms with E-state index in [1.54, 1.807) is 6.07 Å². The summed E-state index contributed by atoms with van der Waals surface area (Å²) < 4.78 is 33.5. The van der Waals surface area contributed by atoms with Crippen molar-refractivity contribution in [3.63, 3.8) is 0 Å². The Labute approximate surface area is 159 Å². The third-order valence-corrected chi connectivity index (χ3v) is 4.30. The molecule has 27 heavy (non-hydrogen) atoms. The summed E-state index contributed by atoms with van der Waals surface area (Å²) >= 11 is 3.09. The Bertz CT molecular complexity index is 1210. The first kappa shape index (κ1) is 17.2. The second kappa shape index (κ2) is 6.84. The van der Waals surface area contributed by atoms with Crippen molar-refractivity contribution >= 4 is 15.9 Å². The number of benzene rings is 2. The zero-order chi connectivity index (χ0) is 19.0. The van der Waals surface area contributed by atoms with Crippen LogP contribution < -0.4 is 5.43 Å². The third-order valence-electron chi connectivity index (χ3n) is 3.69. The van der Waals surface area contributed by atoms with Gasteiger partial charge in [0.1, 0.15) is 11.6 Å². The van der Waals surface area contributed by atoms with Gasteiger partial charge >= 0.3 is 0 Å². The van der Waals surface area contributed by atoms with Crippen LogP contribution in [-0.4, -0.2) is 19.9 Å². The van der Waals surface area contributed by atoms with Gasteiger partial charge in [0.15, 0.2) is 5.69 Å². The maximum absolute atomic E-state index is 13.4. The number of hydrogen-bond acceptors (Lipinski definition) is 5. The van der Waals surface area contributed by atoms with Crippen LogP contribution in [0.1, 0.15) is 0 Å². The Morgan fingerprint density at radius 3 is 2.70 bits per heavy atom. The van der Waals surface area contributed by atoms with Crippen LogP contribution in [0.15, 0.2) is 68.5 Å². The van der Waals surface area contributed by atoms with Gasteiger partial charge in [0.05, 0.1) is 10.2 Å². The summed E-state index contributed by atoms with van der Waals surface area (Å²) in [5.41, 5.74) is 0.415. The molecule has 0 unspecified atom stereocenters. The molecule has 0 aliphatic heterocycles. The van der Waals surface area contributed by atoms with E-state index in [2.05, 4.69) is 31.2 Å². The topological polar surface area (TPSA) is 73.8 Å². The van der Waals surface area contributed by atoms with Crippen LogP contribution in [0, 0.1) is 11.6 Å². The lowest BCUT2D eigenvalue weighted by Crippen LogP contribution is -2.12. The van der Waals surface area contributed by atoms with Crippen molar-refractivity contribution in [2.45, 2.75) is 0 Å². The average Bonchev–Trinajstić information content (AvgIpc) is 3.14. The molecule has 0 amide bonds. The largest absolute Gasteiger partial charge is 0.332 e. The maximum atomic E-state index is 13.4. The van der Waals surface area contributed by atoms with Crippen LogP contribution in [0.3, 0.4) is 0 Å². The van der Waals surface area contributed by atoms with Gasteiger partial charge in [-0.2, -0.15) is 10.1 Å². The zero-order valence-corrected chi connectivity index (χ0v) is 15.0. The fraction of sp³-hybridized carbons (Fsp3) is 0. The minimum Gasteiger partial charge on any atom is -0.332 e. The third kappa shape index (κ3) is 3.41. The zero-order valence-electron chi connectivity index (χ0n) is 13.4. The van der Waals surface area contributed by atoms with Gasteiger partial charge in [-0.1, -0.05) is 11.2 Å². The van der Waals surface area contributed by atoms with Crippen LogP contribution in [0.5, 0.6) is 0 Å². The lowest BCUT2D eigenvalue weighted by atomic mass is 10.2. The van der Waals surface area contributed by atoms with Gasteiger partial charge in [0.2, 0.25) is 11.3 Å². The molecule has 0 saturated carbocycles. The lowest BCUT2D eigenvalue weighted by molar-refractivity contribution is 0.429. The van der Waals surface area contributed by atoms with E-state index in [9.17, 15) is 13.6 Å². The molecule has 134 valence electrons. The molecule has 0 radical (unpaired) electrons. The molecular formula is C18H9BrF2N4O2. The van der Waals surface area contributed by atoms with Crippen molar-refractivity contribution in [2.75, 3.05) is 0 Å². The van der Waals surface area contributed by atoms with E-state index in [1.807, 2.05) is 0 Å². The smallest absolute Gasteiger partial charge is 0.282 e. The first-order valence-electron chi connectivity index (χ1n) is 7.67. The molecule has 0 spiro atoms. The molecule has 2 aromatic heterocycles. The molecule has 4 rings (SSSR count). The van der Waals surface area contributed by atoms with Gasteiger partial charge in [-0.05, 0) is 52.3 Å². The summed E-state index contributed by atoms with van der Waals surface area (Å²) in [6, 6.07) is 11.2. The Kier molecular flexibility index (Phi) is 4.36. The Morgan fingerprint density at radius 2 is 1.93 bits per heavy atom. The Morgan fingerprint density at radius 1 is 1.07 bits per heavy atom. The van der Waals surface area contributed by atoms with Crippen LogP contribution in [-0.2, 0) is 0 Å². The van der Waals surface area contributed by atoms with Crippen molar-refractivity contribution in [3.05, 3.63) is 81.1 Å². The Balaban J connectivity index is 1.76. The predicted molar refractivity (Wildman–Crippen MR) is 96.2 cm³/mol. The molecular weight excluding hydrogens is 422 g/mol. The van der Waals surface area contributed by atoms with E-state index in [0.29, 0.717) is 11.3 Å². The van der Waals surface area contributed by atoms with E-state index in [4.69, 9.17) is 4.52 Å². The maximum Gasteiger partial charge on any atom is 0.282 e. The SMILES string of the molecule is O=c1ccn(-c2cccc(F)c2)nc1-c1nc(-c2ccc(F)c(Br)c2)no1. The first-order valence-corrected chi connectivity index (χ1v) is 8.46. The molecule has 0 saturated heterocycles. The highest BCUT2D eigenvalue weighted by Gasteiger charge is 2.17. The van der Waals surface area contributed by atoms with Gasteiger partial charge in [-0.25, -0.2) is 13.5 Å². The molecule has 0 aliphatic rings. The molecule has 0 atom stereocenters. The normalized spacial score (nSPS) is 10.9. The molecule has 9 heteroatoms. The first-order chi connectivity index (χ1) is 13.0. The van der Waals surface area contributed by atoms with Crippen LogP contribution >= 0.6 is 15.9 Å². The minimum absolute atomic E-state index is 0.0818. The molecule has 0 fully saturated rings. The fourth-order valence-corrected chi connectivity index (χ4v) is 2.77. The standard InChI is InChI=1S/C18H9BrF2N4O2/c19-13-8-10(4-5-14(13)21)17-22-18(27-24-17)16-15(26)6-7-25(23-16)12-3-1-2-11(20)9-12/h1-9H. The fourth-order valence-electron chi connectivity index (χ4n) is 2.39. The van der Waals surface area contributed by atoms with Crippen molar-refractivity contribution in [1.29, 1.82) is 0 Å². The van der Waals surface area contributed by atoms with Crippen molar-refractivity contribution in [3.8, 4) is 28.7 Å². The summed E-state index contributed by atoms with van der Waals surface area (Å²) in [4.78, 5) is 16.3. The summed E-state index contributed by atoms with van der Waals surface area (Å²) in [6.45, 7) is 0. The molecule has 0 N–H and O–H groups in total.